The molecule has 244 valence electrons. The van der Waals surface area contributed by atoms with Crippen LogP contribution in [-0.4, -0.2) is 62.9 Å². The van der Waals surface area contributed by atoms with E-state index in [2.05, 4.69) is 25.9 Å². The average Bonchev–Trinajstić information content (AvgIpc) is 3.67. The van der Waals surface area contributed by atoms with Crippen LogP contribution in [0.5, 0.6) is 0 Å². The van der Waals surface area contributed by atoms with Crippen LogP contribution < -0.4 is 21.7 Å². The van der Waals surface area contributed by atoms with Crippen LogP contribution in [0.3, 0.4) is 0 Å². The highest BCUT2D eigenvalue weighted by Gasteiger charge is 2.32. The predicted octanol–water partition coefficient (Wildman–Crippen LogP) is 3.20. The topological polar surface area (TPSA) is 182 Å². The number of carbonyl (C=O) groups excluding carboxylic acids is 3. The lowest BCUT2D eigenvalue weighted by atomic mass is 9.99. The Balaban J connectivity index is 1.33. The number of para-hydroxylation sites is 2. The van der Waals surface area contributed by atoms with Crippen LogP contribution in [0.15, 0.2) is 91.3 Å². The van der Waals surface area contributed by atoms with Crippen molar-refractivity contribution < 1.29 is 24.3 Å². The van der Waals surface area contributed by atoms with E-state index < -0.39 is 47.9 Å². The van der Waals surface area contributed by atoms with Crippen LogP contribution in [0.2, 0.25) is 0 Å². The number of H-pyrrole nitrogens is 2. The van der Waals surface area contributed by atoms with E-state index in [4.69, 9.17) is 5.73 Å². The van der Waals surface area contributed by atoms with E-state index in [0.29, 0.717) is 0 Å². The second-order valence-electron chi connectivity index (χ2n) is 12.1. The maximum atomic E-state index is 13.8. The van der Waals surface area contributed by atoms with E-state index in [1.165, 1.54) is 0 Å². The van der Waals surface area contributed by atoms with Gasteiger partial charge < -0.3 is 36.8 Å². The summed E-state index contributed by atoms with van der Waals surface area (Å²) < 4.78 is 0. The number of aromatic amines is 2. The van der Waals surface area contributed by atoms with Crippen molar-refractivity contribution in [2.24, 2.45) is 11.7 Å². The molecule has 8 N–H and O–H groups in total. The Morgan fingerprint density at radius 3 is 1.77 bits per heavy atom. The first-order valence-corrected chi connectivity index (χ1v) is 15.6. The van der Waals surface area contributed by atoms with E-state index in [1.54, 1.807) is 44.3 Å². The molecule has 2 heterocycles. The van der Waals surface area contributed by atoms with Crippen molar-refractivity contribution in [2.45, 2.75) is 57.3 Å². The number of carboxylic acids is 1. The molecule has 3 amide bonds. The number of rotatable bonds is 14. The largest absolute Gasteiger partial charge is 0.480 e. The zero-order chi connectivity index (χ0) is 33.5. The van der Waals surface area contributed by atoms with Crippen molar-refractivity contribution in [2.75, 3.05) is 0 Å². The summed E-state index contributed by atoms with van der Waals surface area (Å²) in [5.41, 5.74) is 10.5. The molecular weight excluding hydrogens is 596 g/mol. The maximum absolute atomic E-state index is 13.8. The summed E-state index contributed by atoms with van der Waals surface area (Å²) >= 11 is 0. The van der Waals surface area contributed by atoms with Crippen molar-refractivity contribution in [3.8, 4) is 0 Å². The van der Waals surface area contributed by atoms with Gasteiger partial charge in [-0.1, -0.05) is 80.6 Å². The maximum Gasteiger partial charge on any atom is 0.326 e. The monoisotopic (exact) mass is 636 g/mol. The minimum absolute atomic E-state index is 0.0641. The van der Waals surface area contributed by atoms with Gasteiger partial charge in [0.25, 0.3) is 0 Å². The fourth-order valence-corrected chi connectivity index (χ4v) is 5.74. The minimum atomic E-state index is -1.23. The third kappa shape index (κ3) is 8.06. The first-order valence-electron chi connectivity index (χ1n) is 15.6. The van der Waals surface area contributed by atoms with Gasteiger partial charge in [0.15, 0.2) is 0 Å². The third-order valence-corrected chi connectivity index (χ3v) is 8.33. The number of nitrogens with two attached hydrogens (primary N) is 1. The quantitative estimate of drug-likeness (QED) is 0.0982. The van der Waals surface area contributed by atoms with Crippen LogP contribution >= 0.6 is 0 Å². The molecule has 0 radical (unpaired) electrons. The summed E-state index contributed by atoms with van der Waals surface area (Å²) in [6.07, 6.45) is 3.99. The lowest BCUT2D eigenvalue weighted by Gasteiger charge is -2.27. The van der Waals surface area contributed by atoms with Crippen LogP contribution in [0, 0.1) is 5.92 Å². The summed E-state index contributed by atoms with van der Waals surface area (Å²) in [7, 11) is 0. The number of carbonyl (C=O) groups is 4. The van der Waals surface area contributed by atoms with Crippen LogP contribution in [-0.2, 0) is 38.4 Å². The van der Waals surface area contributed by atoms with Crippen LogP contribution in [0.1, 0.15) is 30.5 Å². The SMILES string of the molecule is CC(C)C(NC(=O)C(N)Cc1c[nH]c2ccccc12)C(=O)NC(Cc1c[nH]c2ccccc12)C(=O)NC(Cc1ccccc1)C(=O)O. The Morgan fingerprint density at radius 2 is 1.19 bits per heavy atom. The van der Waals surface area contributed by atoms with Crippen molar-refractivity contribution in [3.05, 3.63) is 108 Å². The van der Waals surface area contributed by atoms with Gasteiger partial charge in [-0.3, -0.25) is 14.4 Å². The van der Waals surface area contributed by atoms with E-state index in [0.717, 1.165) is 38.5 Å². The molecule has 0 aliphatic carbocycles. The summed E-state index contributed by atoms with van der Waals surface area (Å²) in [5.74, 6) is -3.29. The highest BCUT2D eigenvalue weighted by Crippen LogP contribution is 2.21. The Bertz CT molecular complexity index is 1860. The van der Waals surface area contributed by atoms with Crippen molar-refractivity contribution >= 4 is 45.5 Å². The molecule has 2 aromatic heterocycles. The van der Waals surface area contributed by atoms with E-state index >= 15 is 0 Å². The second-order valence-corrected chi connectivity index (χ2v) is 12.1. The number of fused-ring (bicyclic) bond motifs is 2. The number of amides is 3. The fourth-order valence-electron chi connectivity index (χ4n) is 5.74. The number of hydrogen-bond acceptors (Lipinski definition) is 5. The second kappa shape index (κ2) is 14.8. The molecule has 0 saturated carbocycles. The summed E-state index contributed by atoms with van der Waals surface area (Å²) in [5, 5.41) is 20.0. The number of hydrogen-bond donors (Lipinski definition) is 7. The number of aliphatic carboxylic acids is 1. The number of aromatic nitrogens is 2. The van der Waals surface area contributed by atoms with Gasteiger partial charge >= 0.3 is 5.97 Å². The lowest BCUT2D eigenvalue weighted by Crippen LogP contribution is -2.59. The highest BCUT2D eigenvalue weighted by molar-refractivity contribution is 5.95. The standard InChI is InChI=1S/C36H40N6O5/c1-21(2)32(42-33(43)27(37)17-23-19-38-28-14-8-6-12-25(23)28)35(45)40-30(18-24-20-39-29-15-9-7-13-26(24)29)34(44)41-31(36(46)47)16-22-10-4-3-5-11-22/h3-15,19-21,27,30-32,38-39H,16-18,37H2,1-2H3,(H,40,45)(H,41,44)(H,42,43)(H,46,47). The van der Waals surface area contributed by atoms with E-state index in [-0.39, 0.29) is 25.2 Å². The Morgan fingerprint density at radius 1 is 0.660 bits per heavy atom. The number of nitrogens with one attached hydrogen (secondary N) is 5. The molecule has 47 heavy (non-hydrogen) atoms. The van der Waals surface area contributed by atoms with Gasteiger partial charge in [0.05, 0.1) is 6.04 Å². The molecule has 4 unspecified atom stereocenters. The van der Waals surface area contributed by atoms with Crippen molar-refractivity contribution in [1.29, 1.82) is 0 Å². The van der Waals surface area contributed by atoms with E-state index in [9.17, 15) is 24.3 Å². The van der Waals surface area contributed by atoms with Gasteiger partial charge in [0, 0.05) is 47.0 Å². The Kier molecular flexibility index (Phi) is 10.4. The van der Waals surface area contributed by atoms with Crippen molar-refractivity contribution in [1.82, 2.24) is 25.9 Å². The molecule has 0 saturated heterocycles. The Labute approximate surface area is 272 Å². The molecule has 5 aromatic rings. The molecule has 4 atom stereocenters. The van der Waals surface area contributed by atoms with E-state index in [1.807, 2.05) is 60.8 Å². The summed E-state index contributed by atoms with van der Waals surface area (Å²) in [6.45, 7) is 3.57. The molecule has 3 aromatic carbocycles. The molecule has 0 fully saturated rings. The van der Waals surface area contributed by atoms with Gasteiger partial charge in [0.1, 0.15) is 18.1 Å². The molecule has 0 aliphatic heterocycles. The van der Waals surface area contributed by atoms with Gasteiger partial charge in [-0.25, -0.2) is 4.79 Å². The number of carboxylic acid groups (broad SMARTS) is 1. The predicted molar refractivity (Wildman–Crippen MR) is 180 cm³/mol. The molecule has 5 rings (SSSR count). The van der Waals surface area contributed by atoms with Gasteiger partial charge in [-0.05, 0) is 41.2 Å². The molecular formula is C36H40N6O5. The highest BCUT2D eigenvalue weighted by atomic mass is 16.4. The number of benzene rings is 3. The summed E-state index contributed by atoms with van der Waals surface area (Å²) in [6, 6.07) is 19.9. The van der Waals surface area contributed by atoms with Crippen LogP contribution in [0.25, 0.3) is 21.8 Å². The average molecular weight is 637 g/mol. The molecule has 11 heteroatoms. The first kappa shape index (κ1) is 33.0. The zero-order valence-corrected chi connectivity index (χ0v) is 26.3. The molecule has 0 aliphatic rings. The van der Waals surface area contributed by atoms with Gasteiger partial charge in [-0.15, -0.1) is 0 Å². The zero-order valence-electron chi connectivity index (χ0n) is 26.3. The normalized spacial score (nSPS) is 14.0. The molecule has 11 nitrogen and oxygen atoms in total. The third-order valence-electron chi connectivity index (χ3n) is 8.33. The first-order chi connectivity index (χ1) is 22.6. The lowest BCUT2D eigenvalue weighted by molar-refractivity contribution is -0.142. The van der Waals surface area contributed by atoms with Gasteiger partial charge in [0.2, 0.25) is 17.7 Å². The summed E-state index contributed by atoms with van der Waals surface area (Å²) in [4.78, 5) is 59.3. The van der Waals surface area contributed by atoms with Gasteiger partial charge in [-0.2, -0.15) is 0 Å². The minimum Gasteiger partial charge on any atom is -0.480 e. The molecule has 0 bridgehead atoms. The fraction of sp³-hybridized carbons (Fsp3) is 0.278. The Hall–Kier alpha value is -5.42. The smallest absolute Gasteiger partial charge is 0.326 e. The van der Waals surface area contributed by atoms with Crippen LogP contribution in [0.4, 0.5) is 0 Å². The van der Waals surface area contributed by atoms with Crippen molar-refractivity contribution in [3.63, 3.8) is 0 Å². The molecule has 0 spiro atoms.